The van der Waals surface area contributed by atoms with Crippen molar-refractivity contribution in [2.24, 2.45) is 0 Å². The Morgan fingerprint density at radius 1 is 1.14 bits per heavy atom. The lowest BCUT2D eigenvalue weighted by molar-refractivity contribution is 0.928. The number of hydrogen-bond donors (Lipinski definition) is 1. The van der Waals surface area contributed by atoms with Gasteiger partial charge in [-0.2, -0.15) is 9.61 Å². The molecule has 4 heterocycles. The topological polar surface area (TPSA) is 68.0 Å². The minimum Gasteiger partial charge on any atom is -0.365 e. The van der Waals surface area contributed by atoms with E-state index in [1.807, 2.05) is 12.1 Å². The summed E-state index contributed by atoms with van der Waals surface area (Å²) in [5, 5.41) is 9.90. The number of fused-ring (bicyclic) bond motifs is 1. The molecule has 0 aliphatic carbocycles. The molecule has 0 spiro atoms. The van der Waals surface area contributed by atoms with Gasteiger partial charge in [0.15, 0.2) is 5.65 Å². The molecule has 6 nitrogen and oxygen atoms in total. The molecular weight excluding hydrogens is 296 g/mol. The second kappa shape index (κ2) is 5.53. The fourth-order valence-corrected chi connectivity index (χ4v) is 2.90. The number of hydrogen-bond acceptors (Lipinski definition) is 6. The van der Waals surface area contributed by atoms with E-state index < -0.39 is 0 Å². The number of nitrogens with one attached hydrogen (secondary N) is 1. The van der Waals surface area contributed by atoms with Crippen LogP contribution in [0.5, 0.6) is 0 Å². The van der Waals surface area contributed by atoms with Crippen LogP contribution in [0.1, 0.15) is 4.88 Å². The summed E-state index contributed by atoms with van der Waals surface area (Å²) >= 11 is 1.73. The molecular formula is C15H12N6S. The van der Waals surface area contributed by atoms with Crippen molar-refractivity contribution < 1.29 is 0 Å². The number of anilines is 1. The first-order valence-electron chi connectivity index (χ1n) is 6.76. The Morgan fingerprint density at radius 3 is 2.86 bits per heavy atom. The van der Waals surface area contributed by atoms with Crippen molar-refractivity contribution in [1.82, 2.24) is 24.6 Å². The Labute approximate surface area is 130 Å². The third kappa shape index (κ3) is 2.31. The summed E-state index contributed by atoms with van der Waals surface area (Å²) < 4.78 is 1.80. The van der Waals surface area contributed by atoms with E-state index in [0.29, 0.717) is 0 Å². The van der Waals surface area contributed by atoms with E-state index in [1.165, 1.54) is 11.2 Å². The smallest absolute Gasteiger partial charge is 0.165 e. The van der Waals surface area contributed by atoms with Crippen molar-refractivity contribution in [3.05, 3.63) is 59.6 Å². The first-order valence-corrected chi connectivity index (χ1v) is 7.64. The van der Waals surface area contributed by atoms with Gasteiger partial charge in [-0.05, 0) is 17.5 Å². The standard InChI is InChI=1S/C15H12N6S/c1-2-12(22-5-1)8-19-14-3-4-18-15-13(9-20-21(14)15)11-6-16-10-17-7-11/h1-7,9-10,19H,8H2. The van der Waals surface area contributed by atoms with Crippen molar-refractivity contribution in [1.29, 1.82) is 0 Å². The van der Waals surface area contributed by atoms with Crippen LogP contribution in [-0.2, 0) is 6.54 Å². The molecule has 1 N–H and O–H groups in total. The average Bonchev–Trinajstić information content (AvgIpc) is 3.23. The zero-order chi connectivity index (χ0) is 14.8. The Bertz CT molecular complexity index is 885. The van der Waals surface area contributed by atoms with Gasteiger partial charge in [0.05, 0.1) is 12.7 Å². The zero-order valence-corrected chi connectivity index (χ0v) is 12.4. The molecule has 7 heteroatoms. The highest BCUT2D eigenvalue weighted by atomic mass is 32.1. The first-order chi connectivity index (χ1) is 10.9. The van der Waals surface area contributed by atoms with Crippen LogP contribution < -0.4 is 5.32 Å². The maximum absolute atomic E-state index is 4.43. The van der Waals surface area contributed by atoms with Gasteiger partial charge in [-0.3, -0.25) is 0 Å². The van der Waals surface area contributed by atoms with Gasteiger partial charge in [-0.25, -0.2) is 15.0 Å². The minimum absolute atomic E-state index is 0.764. The van der Waals surface area contributed by atoms with Crippen molar-refractivity contribution in [2.75, 3.05) is 5.32 Å². The van der Waals surface area contributed by atoms with E-state index in [2.05, 4.69) is 36.8 Å². The fourth-order valence-electron chi connectivity index (χ4n) is 2.26. The van der Waals surface area contributed by atoms with E-state index in [0.717, 1.165) is 29.1 Å². The van der Waals surface area contributed by atoms with Gasteiger partial charge in [-0.15, -0.1) is 11.3 Å². The van der Waals surface area contributed by atoms with Crippen LogP contribution in [0.3, 0.4) is 0 Å². The maximum Gasteiger partial charge on any atom is 0.165 e. The minimum atomic E-state index is 0.764. The van der Waals surface area contributed by atoms with E-state index in [9.17, 15) is 0 Å². The molecule has 4 aromatic rings. The molecule has 0 atom stereocenters. The highest BCUT2D eigenvalue weighted by Crippen LogP contribution is 2.23. The molecule has 0 unspecified atom stereocenters. The molecule has 0 saturated carbocycles. The normalized spacial score (nSPS) is 10.9. The highest BCUT2D eigenvalue weighted by Gasteiger charge is 2.10. The largest absolute Gasteiger partial charge is 0.365 e. The van der Waals surface area contributed by atoms with E-state index in [4.69, 9.17) is 0 Å². The van der Waals surface area contributed by atoms with Crippen molar-refractivity contribution in [2.45, 2.75) is 6.54 Å². The predicted octanol–water partition coefficient (Wildman–Crippen LogP) is 2.86. The van der Waals surface area contributed by atoms with Gasteiger partial charge in [-0.1, -0.05) is 6.07 Å². The van der Waals surface area contributed by atoms with Crippen molar-refractivity contribution >= 4 is 22.8 Å². The van der Waals surface area contributed by atoms with Crippen LogP contribution in [-0.4, -0.2) is 24.6 Å². The molecule has 0 amide bonds. The Balaban J connectivity index is 1.71. The Hall–Kier alpha value is -2.80. The second-order valence-corrected chi connectivity index (χ2v) is 5.72. The zero-order valence-electron chi connectivity index (χ0n) is 11.5. The molecule has 0 fully saturated rings. The van der Waals surface area contributed by atoms with Crippen LogP contribution in [0.15, 0.2) is 54.7 Å². The molecule has 0 aromatic carbocycles. The van der Waals surface area contributed by atoms with Crippen LogP contribution in [0.2, 0.25) is 0 Å². The monoisotopic (exact) mass is 308 g/mol. The lowest BCUT2D eigenvalue weighted by Gasteiger charge is -2.07. The molecule has 108 valence electrons. The van der Waals surface area contributed by atoms with Crippen molar-refractivity contribution in [3.8, 4) is 11.1 Å². The summed E-state index contributed by atoms with van der Waals surface area (Å²) in [7, 11) is 0. The summed E-state index contributed by atoms with van der Waals surface area (Å²) in [4.78, 5) is 13.8. The Morgan fingerprint density at radius 2 is 2.05 bits per heavy atom. The fraction of sp³-hybridized carbons (Fsp3) is 0.0667. The molecule has 0 aliphatic heterocycles. The highest BCUT2D eigenvalue weighted by molar-refractivity contribution is 7.09. The molecule has 0 saturated heterocycles. The predicted molar refractivity (Wildman–Crippen MR) is 85.7 cm³/mol. The second-order valence-electron chi connectivity index (χ2n) is 4.68. The molecule has 4 aromatic heterocycles. The van der Waals surface area contributed by atoms with Gasteiger partial charge >= 0.3 is 0 Å². The molecule has 0 aliphatic rings. The van der Waals surface area contributed by atoms with Gasteiger partial charge in [0, 0.05) is 34.6 Å². The Kier molecular flexibility index (Phi) is 3.24. The number of nitrogens with zero attached hydrogens (tertiary/aromatic N) is 5. The van der Waals surface area contributed by atoms with Gasteiger partial charge in [0.2, 0.25) is 0 Å². The summed E-state index contributed by atoms with van der Waals surface area (Å²) in [6.07, 6.45) is 8.60. The van der Waals surface area contributed by atoms with Crippen LogP contribution in [0.4, 0.5) is 5.82 Å². The number of thiophene rings is 1. The van der Waals surface area contributed by atoms with Crippen LogP contribution in [0.25, 0.3) is 16.8 Å². The summed E-state index contributed by atoms with van der Waals surface area (Å²) in [5.74, 6) is 0.904. The van der Waals surface area contributed by atoms with Crippen molar-refractivity contribution in [3.63, 3.8) is 0 Å². The average molecular weight is 308 g/mol. The molecule has 22 heavy (non-hydrogen) atoms. The summed E-state index contributed by atoms with van der Waals surface area (Å²) in [5.41, 5.74) is 2.60. The molecule has 4 rings (SSSR count). The molecule has 0 radical (unpaired) electrons. The summed E-state index contributed by atoms with van der Waals surface area (Å²) in [6, 6.07) is 6.07. The molecule has 0 bridgehead atoms. The lowest BCUT2D eigenvalue weighted by atomic mass is 10.2. The van der Waals surface area contributed by atoms with E-state index in [-0.39, 0.29) is 0 Å². The van der Waals surface area contributed by atoms with E-state index >= 15 is 0 Å². The van der Waals surface area contributed by atoms with Crippen LogP contribution >= 0.6 is 11.3 Å². The quantitative estimate of drug-likeness (QED) is 0.628. The van der Waals surface area contributed by atoms with E-state index in [1.54, 1.807) is 40.6 Å². The summed E-state index contributed by atoms with van der Waals surface area (Å²) in [6.45, 7) is 0.764. The first kappa shape index (κ1) is 12.9. The SMILES string of the molecule is c1csc(CNc2ccnc3c(-c4cncnc4)cnn23)c1. The number of rotatable bonds is 4. The number of aromatic nitrogens is 5. The van der Waals surface area contributed by atoms with Crippen LogP contribution in [0, 0.1) is 0 Å². The third-order valence-corrected chi connectivity index (χ3v) is 4.17. The van der Waals surface area contributed by atoms with Gasteiger partial charge in [0.1, 0.15) is 12.1 Å². The lowest BCUT2D eigenvalue weighted by Crippen LogP contribution is -2.04. The van der Waals surface area contributed by atoms with Gasteiger partial charge < -0.3 is 5.32 Å². The third-order valence-electron chi connectivity index (χ3n) is 3.30. The maximum atomic E-state index is 4.43. The van der Waals surface area contributed by atoms with Gasteiger partial charge in [0.25, 0.3) is 0 Å².